The maximum atomic E-state index is 12.3. The van der Waals surface area contributed by atoms with Crippen LogP contribution in [0.3, 0.4) is 0 Å². The second-order valence-corrected chi connectivity index (χ2v) is 5.93. The zero-order valence-electron chi connectivity index (χ0n) is 11.7. The minimum absolute atomic E-state index is 0.0579. The Labute approximate surface area is 114 Å². The Balaban J connectivity index is 1.88. The Morgan fingerprint density at radius 2 is 1.63 bits per heavy atom. The zero-order valence-corrected chi connectivity index (χ0v) is 11.7. The van der Waals surface area contributed by atoms with E-state index in [0.717, 1.165) is 31.6 Å². The molecule has 108 valence electrons. The molecule has 0 atom stereocenters. The smallest absolute Gasteiger partial charge is 0.242 e. The van der Waals surface area contributed by atoms with Gasteiger partial charge in [0.1, 0.15) is 0 Å². The Bertz CT molecular complexity index is 334. The second kappa shape index (κ2) is 6.37. The van der Waals surface area contributed by atoms with Gasteiger partial charge in [0.25, 0.3) is 0 Å². The molecule has 2 aliphatic rings. The largest absolute Gasteiger partial charge is 0.346 e. The van der Waals surface area contributed by atoms with Crippen molar-refractivity contribution in [2.45, 2.75) is 57.5 Å². The van der Waals surface area contributed by atoms with Gasteiger partial charge in [-0.05, 0) is 44.4 Å². The predicted molar refractivity (Wildman–Crippen MR) is 73.4 cm³/mol. The van der Waals surface area contributed by atoms with Gasteiger partial charge in [-0.25, -0.2) is 0 Å². The molecular formula is C14H25N3O2. The van der Waals surface area contributed by atoms with Crippen LogP contribution in [0.2, 0.25) is 0 Å². The Hall–Kier alpha value is -1.10. The molecule has 0 aromatic carbocycles. The van der Waals surface area contributed by atoms with Gasteiger partial charge in [0, 0.05) is 12.1 Å². The highest BCUT2D eigenvalue weighted by atomic mass is 16.2. The SMILES string of the molecule is CC1CCC(N(C(=O)CNC(=O)CN)C2CC2)CC1. The van der Waals surface area contributed by atoms with Crippen molar-refractivity contribution in [3.8, 4) is 0 Å². The van der Waals surface area contributed by atoms with Crippen LogP contribution in [-0.2, 0) is 9.59 Å². The van der Waals surface area contributed by atoms with Crippen LogP contribution in [0.15, 0.2) is 0 Å². The topological polar surface area (TPSA) is 75.4 Å². The van der Waals surface area contributed by atoms with Gasteiger partial charge in [-0.15, -0.1) is 0 Å². The summed E-state index contributed by atoms with van der Waals surface area (Å²) in [6, 6.07) is 0.798. The summed E-state index contributed by atoms with van der Waals surface area (Å²) in [5.41, 5.74) is 5.23. The number of rotatable bonds is 5. The third kappa shape index (κ3) is 3.93. The van der Waals surface area contributed by atoms with Gasteiger partial charge < -0.3 is 16.0 Å². The maximum Gasteiger partial charge on any atom is 0.242 e. The number of nitrogens with one attached hydrogen (secondary N) is 1. The first kappa shape index (κ1) is 14.3. The van der Waals surface area contributed by atoms with Gasteiger partial charge in [-0.2, -0.15) is 0 Å². The molecule has 2 fully saturated rings. The first-order valence-corrected chi connectivity index (χ1v) is 7.39. The molecule has 0 aromatic rings. The van der Waals surface area contributed by atoms with Crippen LogP contribution in [0, 0.1) is 5.92 Å². The summed E-state index contributed by atoms with van der Waals surface area (Å²) in [5, 5.41) is 2.59. The number of carbonyl (C=O) groups excluding carboxylic acids is 2. The molecule has 0 saturated heterocycles. The monoisotopic (exact) mass is 267 g/mol. The summed E-state index contributed by atoms with van der Waals surface area (Å²) in [6.07, 6.45) is 6.85. The average molecular weight is 267 g/mol. The number of carbonyl (C=O) groups is 2. The standard InChI is InChI=1S/C14H25N3O2/c1-10-2-4-11(5-3-10)17(12-6-7-12)14(19)9-16-13(18)8-15/h10-12H,2-9,15H2,1H3,(H,16,18). The molecule has 0 radical (unpaired) electrons. The van der Waals surface area contributed by atoms with Crippen LogP contribution in [0.5, 0.6) is 0 Å². The lowest BCUT2D eigenvalue weighted by atomic mass is 9.86. The summed E-state index contributed by atoms with van der Waals surface area (Å²) < 4.78 is 0. The third-order valence-electron chi connectivity index (χ3n) is 4.23. The van der Waals surface area contributed by atoms with E-state index in [-0.39, 0.29) is 24.9 Å². The molecule has 19 heavy (non-hydrogen) atoms. The average Bonchev–Trinajstić information content (AvgIpc) is 3.23. The van der Waals surface area contributed by atoms with Crippen molar-refractivity contribution in [3.05, 3.63) is 0 Å². The van der Waals surface area contributed by atoms with E-state index in [9.17, 15) is 9.59 Å². The number of hydrogen-bond acceptors (Lipinski definition) is 3. The van der Waals surface area contributed by atoms with Crippen LogP contribution < -0.4 is 11.1 Å². The number of nitrogens with zero attached hydrogens (tertiary/aromatic N) is 1. The fraction of sp³-hybridized carbons (Fsp3) is 0.857. The Kier molecular flexibility index (Phi) is 4.80. The quantitative estimate of drug-likeness (QED) is 0.767. The summed E-state index contributed by atoms with van der Waals surface area (Å²) >= 11 is 0. The number of hydrogen-bond donors (Lipinski definition) is 2. The lowest BCUT2D eigenvalue weighted by Gasteiger charge is -2.36. The molecule has 5 nitrogen and oxygen atoms in total. The van der Waals surface area contributed by atoms with Crippen LogP contribution >= 0.6 is 0 Å². The Morgan fingerprint density at radius 1 is 1.11 bits per heavy atom. The van der Waals surface area contributed by atoms with E-state index in [1.54, 1.807) is 0 Å². The van der Waals surface area contributed by atoms with Crippen LogP contribution in [0.1, 0.15) is 45.4 Å². The van der Waals surface area contributed by atoms with Gasteiger partial charge in [0.05, 0.1) is 13.1 Å². The molecule has 0 bridgehead atoms. The normalized spacial score (nSPS) is 26.8. The summed E-state index contributed by atoms with van der Waals surface area (Å²) in [7, 11) is 0. The lowest BCUT2D eigenvalue weighted by Crippen LogP contribution is -2.48. The Morgan fingerprint density at radius 3 is 2.11 bits per heavy atom. The molecule has 0 unspecified atom stereocenters. The molecule has 5 heteroatoms. The van der Waals surface area contributed by atoms with Crippen molar-refractivity contribution >= 4 is 11.8 Å². The summed E-state index contributed by atoms with van der Waals surface area (Å²) in [6.45, 7) is 2.32. The van der Waals surface area contributed by atoms with E-state index in [1.807, 2.05) is 4.90 Å². The number of amides is 2. The van der Waals surface area contributed by atoms with E-state index in [2.05, 4.69) is 12.2 Å². The van der Waals surface area contributed by atoms with E-state index in [1.165, 1.54) is 12.8 Å². The lowest BCUT2D eigenvalue weighted by molar-refractivity contribution is -0.136. The highest BCUT2D eigenvalue weighted by Gasteiger charge is 2.38. The van der Waals surface area contributed by atoms with E-state index in [4.69, 9.17) is 5.73 Å². The van der Waals surface area contributed by atoms with Gasteiger partial charge in [-0.3, -0.25) is 9.59 Å². The first-order valence-electron chi connectivity index (χ1n) is 7.39. The minimum atomic E-state index is -0.263. The van der Waals surface area contributed by atoms with Gasteiger partial charge in [-0.1, -0.05) is 6.92 Å². The molecule has 0 aromatic heterocycles. The van der Waals surface area contributed by atoms with Gasteiger partial charge in [0.2, 0.25) is 11.8 Å². The molecule has 0 aliphatic heterocycles. The third-order valence-corrected chi connectivity index (χ3v) is 4.23. The van der Waals surface area contributed by atoms with Gasteiger partial charge in [0.15, 0.2) is 0 Å². The molecule has 2 amide bonds. The highest BCUT2D eigenvalue weighted by Crippen LogP contribution is 2.35. The van der Waals surface area contributed by atoms with Crippen molar-refractivity contribution in [3.63, 3.8) is 0 Å². The molecule has 0 heterocycles. The van der Waals surface area contributed by atoms with E-state index in [0.29, 0.717) is 12.1 Å². The fourth-order valence-electron chi connectivity index (χ4n) is 2.92. The number of nitrogens with two attached hydrogens (primary N) is 1. The molecule has 0 spiro atoms. The molecule has 2 saturated carbocycles. The van der Waals surface area contributed by atoms with Crippen molar-refractivity contribution in [1.29, 1.82) is 0 Å². The van der Waals surface area contributed by atoms with Crippen molar-refractivity contribution in [1.82, 2.24) is 10.2 Å². The van der Waals surface area contributed by atoms with Crippen molar-refractivity contribution < 1.29 is 9.59 Å². The highest BCUT2D eigenvalue weighted by molar-refractivity contribution is 5.86. The predicted octanol–water partition coefficient (Wildman–Crippen LogP) is 0.631. The minimum Gasteiger partial charge on any atom is -0.346 e. The fourth-order valence-corrected chi connectivity index (χ4v) is 2.92. The first-order chi connectivity index (χ1) is 9.11. The zero-order chi connectivity index (χ0) is 13.8. The van der Waals surface area contributed by atoms with E-state index < -0.39 is 0 Å². The van der Waals surface area contributed by atoms with Gasteiger partial charge >= 0.3 is 0 Å². The molecule has 2 aliphatic carbocycles. The summed E-state index contributed by atoms with van der Waals surface area (Å²) in [4.78, 5) is 25.5. The van der Waals surface area contributed by atoms with E-state index >= 15 is 0 Å². The van der Waals surface area contributed by atoms with Crippen LogP contribution in [0.4, 0.5) is 0 Å². The van der Waals surface area contributed by atoms with Crippen molar-refractivity contribution in [2.75, 3.05) is 13.1 Å². The van der Waals surface area contributed by atoms with Crippen LogP contribution in [-0.4, -0.2) is 41.9 Å². The van der Waals surface area contributed by atoms with Crippen LogP contribution in [0.25, 0.3) is 0 Å². The molecule has 2 rings (SSSR count). The molecule has 3 N–H and O–H groups in total. The second-order valence-electron chi connectivity index (χ2n) is 5.93. The maximum absolute atomic E-state index is 12.3. The molecular weight excluding hydrogens is 242 g/mol. The van der Waals surface area contributed by atoms with Crippen molar-refractivity contribution in [2.24, 2.45) is 11.7 Å². The summed E-state index contributed by atoms with van der Waals surface area (Å²) in [5.74, 6) is 0.578.